The zero-order chi connectivity index (χ0) is 28.8. The van der Waals surface area contributed by atoms with E-state index in [1.807, 2.05) is 31.2 Å². The Morgan fingerprint density at radius 2 is 1.85 bits per heavy atom. The molecule has 2 heterocycles. The number of aromatic nitrogens is 1. The van der Waals surface area contributed by atoms with Crippen LogP contribution in [0.25, 0.3) is 5.69 Å². The number of halogens is 1. The van der Waals surface area contributed by atoms with Crippen LogP contribution < -0.4 is 14.9 Å². The second-order valence-electron chi connectivity index (χ2n) is 9.14. The van der Waals surface area contributed by atoms with Gasteiger partial charge in [0.25, 0.3) is 0 Å². The van der Waals surface area contributed by atoms with Gasteiger partial charge in [0.2, 0.25) is 5.75 Å². The van der Waals surface area contributed by atoms with Gasteiger partial charge in [0.05, 0.1) is 17.2 Å². The number of nitrogens with one attached hydrogen (secondary N) is 1. The summed E-state index contributed by atoms with van der Waals surface area (Å²) < 4.78 is 19.3. The lowest BCUT2D eigenvalue weighted by Crippen LogP contribution is -2.17. The van der Waals surface area contributed by atoms with Gasteiger partial charge in [0.1, 0.15) is 18.1 Å². The molecule has 2 aromatic heterocycles. The van der Waals surface area contributed by atoms with Crippen molar-refractivity contribution in [2.24, 2.45) is 5.10 Å². The molecule has 0 spiro atoms. The molecule has 11 heteroatoms. The van der Waals surface area contributed by atoms with Crippen LogP contribution in [0.5, 0.6) is 11.5 Å². The number of nitro benzene ring substituents is 1. The summed E-state index contributed by atoms with van der Waals surface area (Å²) in [5.41, 5.74) is 5.64. The first-order chi connectivity index (χ1) is 19.2. The maximum atomic E-state index is 12.6. The molecule has 1 N–H and O–H groups in total. The van der Waals surface area contributed by atoms with Crippen LogP contribution in [0.2, 0.25) is 5.02 Å². The number of nitrogens with zero attached hydrogens (tertiary/aromatic N) is 3. The third-order valence-corrected chi connectivity index (χ3v) is 6.37. The van der Waals surface area contributed by atoms with E-state index >= 15 is 0 Å². The van der Waals surface area contributed by atoms with Crippen LogP contribution >= 0.6 is 11.6 Å². The van der Waals surface area contributed by atoms with E-state index in [9.17, 15) is 14.9 Å². The summed E-state index contributed by atoms with van der Waals surface area (Å²) in [4.78, 5) is 23.5. The molecule has 0 aliphatic heterocycles. The van der Waals surface area contributed by atoms with Gasteiger partial charge >= 0.3 is 11.6 Å². The van der Waals surface area contributed by atoms with Crippen molar-refractivity contribution in [2.45, 2.75) is 46.8 Å². The van der Waals surface area contributed by atoms with Gasteiger partial charge in [-0.2, -0.15) is 5.10 Å². The van der Waals surface area contributed by atoms with E-state index in [1.54, 1.807) is 13.0 Å². The maximum Gasteiger partial charge on any atom is 0.313 e. The monoisotopic (exact) mass is 564 g/mol. The SMILES string of the molecule is CC[C@@H](C)Oc1c(/C=N/NC(=O)c2ccc(COc3ccc(-n4c(C)ccc4C)cc3)o2)cc(Cl)cc1[N+](=O)[O-]. The van der Waals surface area contributed by atoms with E-state index in [0.717, 1.165) is 17.1 Å². The second-order valence-corrected chi connectivity index (χ2v) is 9.57. The molecule has 4 aromatic rings. The molecule has 0 unspecified atom stereocenters. The molecule has 0 saturated heterocycles. The van der Waals surface area contributed by atoms with E-state index in [2.05, 4.69) is 41.1 Å². The number of rotatable bonds is 11. The number of furan rings is 1. The van der Waals surface area contributed by atoms with Crippen molar-refractivity contribution >= 4 is 29.4 Å². The minimum atomic E-state index is -0.606. The first kappa shape index (κ1) is 28.4. The second kappa shape index (κ2) is 12.5. The molecule has 1 amide bonds. The number of hydrogen-bond donors (Lipinski definition) is 1. The van der Waals surface area contributed by atoms with Crippen molar-refractivity contribution in [3.63, 3.8) is 0 Å². The van der Waals surface area contributed by atoms with Crippen LogP contribution in [-0.2, 0) is 6.61 Å². The van der Waals surface area contributed by atoms with Crippen LogP contribution in [-0.4, -0.2) is 27.7 Å². The molecule has 0 saturated carbocycles. The number of benzene rings is 2. The number of ether oxygens (including phenoxy) is 2. The highest BCUT2D eigenvalue weighted by atomic mass is 35.5. The Morgan fingerprint density at radius 1 is 1.15 bits per heavy atom. The van der Waals surface area contributed by atoms with E-state index in [0.29, 0.717) is 17.9 Å². The third-order valence-electron chi connectivity index (χ3n) is 6.16. The number of carbonyl (C=O) groups excluding carboxylic acids is 1. The van der Waals surface area contributed by atoms with Crippen LogP contribution in [0.4, 0.5) is 5.69 Å². The zero-order valence-corrected chi connectivity index (χ0v) is 23.3. The lowest BCUT2D eigenvalue weighted by Gasteiger charge is -2.15. The lowest BCUT2D eigenvalue weighted by atomic mass is 10.1. The van der Waals surface area contributed by atoms with Crippen molar-refractivity contribution in [1.29, 1.82) is 0 Å². The maximum absolute atomic E-state index is 12.6. The van der Waals surface area contributed by atoms with Crippen molar-refractivity contribution < 1.29 is 23.6 Å². The predicted octanol–water partition coefficient (Wildman–Crippen LogP) is 6.77. The first-order valence-corrected chi connectivity index (χ1v) is 13.0. The summed E-state index contributed by atoms with van der Waals surface area (Å²) >= 11 is 6.06. The molecule has 40 heavy (non-hydrogen) atoms. The van der Waals surface area contributed by atoms with Crippen molar-refractivity contribution in [3.05, 3.63) is 104 Å². The number of carbonyl (C=O) groups is 1. The zero-order valence-electron chi connectivity index (χ0n) is 22.5. The fourth-order valence-electron chi connectivity index (χ4n) is 3.96. The van der Waals surface area contributed by atoms with Gasteiger partial charge < -0.3 is 18.5 Å². The molecule has 208 valence electrons. The van der Waals surface area contributed by atoms with E-state index < -0.39 is 10.8 Å². The molecule has 0 aliphatic rings. The Labute approximate surface area is 236 Å². The van der Waals surface area contributed by atoms with Gasteiger partial charge in [0.15, 0.2) is 5.76 Å². The topological polar surface area (TPSA) is 121 Å². The molecule has 0 aliphatic carbocycles. The largest absolute Gasteiger partial charge is 0.486 e. The first-order valence-electron chi connectivity index (χ1n) is 12.6. The van der Waals surface area contributed by atoms with Gasteiger partial charge in [-0.15, -0.1) is 0 Å². The predicted molar refractivity (Wildman–Crippen MR) is 152 cm³/mol. The van der Waals surface area contributed by atoms with Crippen LogP contribution in [0.15, 0.2) is 70.2 Å². The summed E-state index contributed by atoms with van der Waals surface area (Å²) in [5.74, 6) is 0.545. The molecule has 2 aromatic carbocycles. The molecule has 1 atom stereocenters. The van der Waals surface area contributed by atoms with Gasteiger partial charge in [0, 0.05) is 33.7 Å². The van der Waals surface area contributed by atoms with Crippen molar-refractivity contribution in [3.8, 4) is 17.2 Å². The van der Waals surface area contributed by atoms with Gasteiger partial charge in [-0.1, -0.05) is 18.5 Å². The number of hydrogen-bond acceptors (Lipinski definition) is 7. The third kappa shape index (κ3) is 6.70. The molecule has 10 nitrogen and oxygen atoms in total. The highest BCUT2D eigenvalue weighted by molar-refractivity contribution is 6.31. The minimum Gasteiger partial charge on any atom is -0.486 e. The van der Waals surface area contributed by atoms with E-state index in [-0.39, 0.29) is 40.5 Å². The number of nitro groups is 1. The quantitative estimate of drug-likeness (QED) is 0.122. The molecule has 0 fully saturated rings. The average molecular weight is 565 g/mol. The Balaban J connectivity index is 1.38. The smallest absolute Gasteiger partial charge is 0.313 e. The fourth-order valence-corrected chi connectivity index (χ4v) is 4.18. The van der Waals surface area contributed by atoms with Gasteiger partial charge in [-0.25, -0.2) is 5.43 Å². The normalized spacial score (nSPS) is 11.9. The molecule has 0 bridgehead atoms. The minimum absolute atomic E-state index is 0.0193. The van der Waals surface area contributed by atoms with Crippen molar-refractivity contribution in [1.82, 2.24) is 9.99 Å². The molecule has 4 rings (SSSR count). The Hall–Kier alpha value is -4.57. The standard InChI is InChI=1S/C29H29ClN4O6/c1-5-20(4)39-28-21(14-22(30)15-26(28)34(36)37)16-31-32-29(35)27-13-12-25(40-27)17-38-24-10-8-23(9-11-24)33-18(2)6-7-19(33)3/h6-16,20H,5,17H2,1-4H3,(H,32,35)/b31-16+/t20-/m1/s1. The van der Waals surface area contributed by atoms with Crippen LogP contribution in [0.1, 0.15) is 53.5 Å². The summed E-state index contributed by atoms with van der Waals surface area (Å²) in [6, 6.07) is 17.7. The highest BCUT2D eigenvalue weighted by Gasteiger charge is 2.22. The molecular weight excluding hydrogens is 536 g/mol. The summed E-state index contributed by atoms with van der Waals surface area (Å²) in [6.07, 6.45) is 1.59. The Morgan fingerprint density at radius 3 is 2.50 bits per heavy atom. The lowest BCUT2D eigenvalue weighted by molar-refractivity contribution is -0.386. The Kier molecular flexibility index (Phi) is 8.90. The number of amides is 1. The summed E-state index contributed by atoms with van der Waals surface area (Å²) in [7, 11) is 0. The van der Waals surface area contributed by atoms with Gasteiger partial charge in [-0.05, 0) is 81.8 Å². The average Bonchev–Trinajstić information content (AvgIpc) is 3.54. The summed E-state index contributed by atoms with van der Waals surface area (Å²) in [5, 5.41) is 15.6. The molecular formula is C29H29ClN4O6. The summed E-state index contributed by atoms with van der Waals surface area (Å²) in [6.45, 7) is 7.91. The van der Waals surface area contributed by atoms with Gasteiger partial charge in [-0.3, -0.25) is 14.9 Å². The van der Waals surface area contributed by atoms with Crippen LogP contribution in [0, 0.1) is 24.0 Å². The van der Waals surface area contributed by atoms with Crippen molar-refractivity contribution in [2.75, 3.05) is 0 Å². The van der Waals surface area contributed by atoms with Crippen LogP contribution in [0.3, 0.4) is 0 Å². The van der Waals surface area contributed by atoms with E-state index in [1.165, 1.54) is 24.4 Å². The Bertz CT molecular complexity index is 1520. The molecule has 0 radical (unpaired) electrons. The number of hydrazone groups is 1. The number of aryl methyl sites for hydroxylation is 2. The van der Waals surface area contributed by atoms with E-state index in [4.69, 9.17) is 25.5 Å². The highest BCUT2D eigenvalue weighted by Crippen LogP contribution is 2.34. The fraction of sp³-hybridized carbons (Fsp3) is 0.241.